The minimum absolute atomic E-state index is 0.147. The smallest absolute Gasteiger partial charge is 0.338 e. The third-order valence-corrected chi connectivity index (χ3v) is 3.39. The van der Waals surface area contributed by atoms with Crippen molar-refractivity contribution in [2.24, 2.45) is 0 Å². The van der Waals surface area contributed by atoms with Crippen LogP contribution in [0, 0.1) is 3.57 Å². The lowest BCUT2D eigenvalue weighted by atomic mass is 10.2. The van der Waals surface area contributed by atoms with E-state index in [9.17, 15) is 14.4 Å². The number of esters is 1. The van der Waals surface area contributed by atoms with Gasteiger partial charge in [-0.05, 0) is 59.0 Å². The Kier molecular flexibility index (Phi) is 6.15. The number of imide groups is 1. The van der Waals surface area contributed by atoms with Crippen molar-refractivity contribution in [3.05, 3.63) is 57.6 Å². The van der Waals surface area contributed by atoms with Crippen LogP contribution in [0.2, 0.25) is 0 Å². The number of carbonyl (C=O) groups is 3. The zero-order valence-corrected chi connectivity index (χ0v) is 14.0. The Morgan fingerprint density at radius 3 is 2.52 bits per heavy atom. The predicted octanol–water partition coefficient (Wildman–Crippen LogP) is 2.07. The number of carbonyl (C=O) groups excluding carboxylic acids is 3. The average molecular weight is 428 g/mol. The first kappa shape index (κ1) is 17.0. The maximum absolute atomic E-state index is 11.7. The van der Waals surface area contributed by atoms with Gasteiger partial charge in [-0.2, -0.15) is 0 Å². The summed E-state index contributed by atoms with van der Waals surface area (Å²) in [6.45, 7) is -0.395. The second kappa shape index (κ2) is 8.32. The maximum atomic E-state index is 11.7. The highest BCUT2D eigenvalue weighted by Gasteiger charge is 2.12. The number of ether oxygens (including phenoxy) is 1. The number of hydrogen-bond donors (Lipinski definition) is 2. The molecule has 23 heavy (non-hydrogen) atoms. The van der Waals surface area contributed by atoms with Gasteiger partial charge in [-0.15, -0.1) is 0 Å². The van der Waals surface area contributed by atoms with Crippen molar-refractivity contribution in [2.45, 2.75) is 6.54 Å². The highest BCUT2D eigenvalue weighted by Crippen LogP contribution is 2.07. The van der Waals surface area contributed by atoms with Gasteiger partial charge in [0.05, 0.1) is 18.4 Å². The van der Waals surface area contributed by atoms with Crippen molar-refractivity contribution in [3.8, 4) is 0 Å². The van der Waals surface area contributed by atoms with Gasteiger partial charge in [-0.3, -0.25) is 10.1 Å². The van der Waals surface area contributed by atoms with Crippen molar-refractivity contribution < 1.29 is 23.5 Å². The highest BCUT2D eigenvalue weighted by atomic mass is 127. The molecule has 1 heterocycles. The van der Waals surface area contributed by atoms with Crippen LogP contribution in [-0.4, -0.2) is 24.5 Å². The van der Waals surface area contributed by atoms with E-state index in [0.29, 0.717) is 11.3 Å². The highest BCUT2D eigenvalue weighted by molar-refractivity contribution is 14.1. The predicted molar refractivity (Wildman–Crippen MR) is 88.5 cm³/mol. The molecule has 2 aromatic rings. The van der Waals surface area contributed by atoms with E-state index in [-0.39, 0.29) is 6.54 Å². The van der Waals surface area contributed by atoms with E-state index < -0.39 is 24.5 Å². The molecule has 1 aromatic heterocycles. The first-order valence-corrected chi connectivity index (χ1v) is 7.65. The molecule has 0 aliphatic carbocycles. The molecular weight excluding hydrogens is 415 g/mol. The zero-order chi connectivity index (χ0) is 16.7. The summed E-state index contributed by atoms with van der Waals surface area (Å²) in [5.41, 5.74) is 0.334. The molecule has 0 saturated carbocycles. The summed E-state index contributed by atoms with van der Waals surface area (Å²) in [6.07, 6.45) is 1.48. The lowest BCUT2D eigenvalue weighted by Gasteiger charge is -2.06. The molecule has 120 valence electrons. The van der Waals surface area contributed by atoms with Gasteiger partial charge in [0, 0.05) is 3.57 Å². The molecule has 2 rings (SSSR count). The van der Waals surface area contributed by atoms with Gasteiger partial charge in [0.2, 0.25) is 0 Å². The van der Waals surface area contributed by atoms with Gasteiger partial charge in [0.1, 0.15) is 5.76 Å². The van der Waals surface area contributed by atoms with Gasteiger partial charge in [-0.1, -0.05) is 0 Å². The summed E-state index contributed by atoms with van der Waals surface area (Å²) in [7, 11) is 0. The Morgan fingerprint density at radius 2 is 1.87 bits per heavy atom. The maximum Gasteiger partial charge on any atom is 0.338 e. The monoisotopic (exact) mass is 428 g/mol. The third-order valence-electron chi connectivity index (χ3n) is 2.67. The van der Waals surface area contributed by atoms with E-state index in [1.165, 1.54) is 6.26 Å². The SMILES string of the molecule is O=C(COC(=O)c1ccc(I)cc1)NC(=O)NCc1ccco1. The summed E-state index contributed by atoms with van der Waals surface area (Å²) in [4.78, 5) is 34.7. The molecule has 0 spiro atoms. The topological polar surface area (TPSA) is 97.6 Å². The molecule has 0 fully saturated rings. The van der Waals surface area contributed by atoms with Crippen LogP contribution in [0.3, 0.4) is 0 Å². The molecule has 0 atom stereocenters. The molecular formula is C15H13IN2O5. The Labute approximate surface area is 145 Å². The summed E-state index contributed by atoms with van der Waals surface area (Å²) < 4.78 is 10.8. The molecule has 7 nitrogen and oxygen atoms in total. The fourth-order valence-electron chi connectivity index (χ4n) is 1.59. The van der Waals surface area contributed by atoms with Gasteiger partial charge in [0.15, 0.2) is 6.61 Å². The molecule has 0 radical (unpaired) electrons. The van der Waals surface area contributed by atoms with Crippen LogP contribution >= 0.6 is 22.6 Å². The molecule has 2 N–H and O–H groups in total. The molecule has 0 aliphatic heterocycles. The van der Waals surface area contributed by atoms with E-state index in [1.54, 1.807) is 36.4 Å². The van der Waals surface area contributed by atoms with Crippen LogP contribution in [0.4, 0.5) is 4.79 Å². The largest absolute Gasteiger partial charge is 0.467 e. The number of hydrogen-bond acceptors (Lipinski definition) is 5. The number of halogens is 1. The average Bonchev–Trinajstić information content (AvgIpc) is 3.05. The molecule has 0 aliphatic rings. The van der Waals surface area contributed by atoms with Gasteiger partial charge < -0.3 is 14.5 Å². The Hall–Kier alpha value is -2.36. The number of nitrogens with one attached hydrogen (secondary N) is 2. The number of urea groups is 1. The summed E-state index contributed by atoms with van der Waals surface area (Å²) in [6, 6.07) is 9.36. The molecule has 0 saturated heterocycles. The Morgan fingerprint density at radius 1 is 1.13 bits per heavy atom. The van der Waals surface area contributed by atoms with Crippen molar-refractivity contribution in [1.82, 2.24) is 10.6 Å². The first-order chi connectivity index (χ1) is 11.0. The van der Waals surface area contributed by atoms with Gasteiger partial charge in [0.25, 0.3) is 5.91 Å². The Balaban J connectivity index is 1.70. The second-order valence-corrected chi connectivity index (χ2v) is 5.64. The number of furan rings is 1. The van der Waals surface area contributed by atoms with Crippen LogP contribution in [0.25, 0.3) is 0 Å². The minimum Gasteiger partial charge on any atom is -0.467 e. The normalized spacial score (nSPS) is 9.96. The quantitative estimate of drug-likeness (QED) is 0.562. The van der Waals surface area contributed by atoms with E-state index >= 15 is 0 Å². The van der Waals surface area contributed by atoms with Gasteiger partial charge >= 0.3 is 12.0 Å². The number of amides is 3. The summed E-state index contributed by atoms with van der Waals surface area (Å²) in [5, 5.41) is 4.48. The van der Waals surface area contributed by atoms with E-state index in [4.69, 9.17) is 9.15 Å². The molecule has 1 aromatic carbocycles. The standard InChI is InChI=1S/C15H13IN2O5/c16-11-5-3-10(4-6-11)14(20)23-9-13(19)18-15(21)17-8-12-2-1-7-22-12/h1-7H,8-9H2,(H2,17,18,19,21). The fourth-order valence-corrected chi connectivity index (χ4v) is 1.95. The van der Waals surface area contributed by atoms with Crippen molar-refractivity contribution >= 4 is 40.5 Å². The van der Waals surface area contributed by atoms with Crippen LogP contribution in [0.1, 0.15) is 16.1 Å². The van der Waals surface area contributed by atoms with Crippen LogP contribution < -0.4 is 10.6 Å². The summed E-state index contributed by atoms with van der Waals surface area (Å²) in [5.74, 6) is -0.800. The lowest BCUT2D eigenvalue weighted by Crippen LogP contribution is -2.41. The molecule has 0 bridgehead atoms. The third kappa shape index (κ3) is 5.74. The van der Waals surface area contributed by atoms with E-state index in [0.717, 1.165) is 3.57 Å². The van der Waals surface area contributed by atoms with Gasteiger partial charge in [-0.25, -0.2) is 9.59 Å². The van der Waals surface area contributed by atoms with Crippen molar-refractivity contribution in [3.63, 3.8) is 0 Å². The van der Waals surface area contributed by atoms with E-state index in [1.807, 2.05) is 5.32 Å². The minimum atomic E-state index is -0.721. The van der Waals surface area contributed by atoms with E-state index in [2.05, 4.69) is 27.9 Å². The zero-order valence-electron chi connectivity index (χ0n) is 11.9. The lowest BCUT2D eigenvalue weighted by molar-refractivity contribution is -0.123. The second-order valence-electron chi connectivity index (χ2n) is 4.39. The van der Waals surface area contributed by atoms with Crippen molar-refractivity contribution in [2.75, 3.05) is 6.61 Å². The number of rotatable bonds is 5. The summed E-state index contributed by atoms with van der Waals surface area (Å²) >= 11 is 2.11. The van der Waals surface area contributed by atoms with Crippen LogP contribution in [0.5, 0.6) is 0 Å². The molecule has 3 amide bonds. The first-order valence-electron chi connectivity index (χ1n) is 6.57. The van der Waals surface area contributed by atoms with Crippen LogP contribution in [-0.2, 0) is 16.1 Å². The number of benzene rings is 1. The Bertz CT molecular complexity index is 682. The van der Waals surface area contributed by atoms with Crippen LogP contribution in [0.15, 0.2) is 47.1 Å². The molecule has 0 unspecified atom stereocenters. The fraction of sp³-hybridized carbons (Fsp3) is 0.133. The molecule has 8 heteroatoms. The van der Waals surface area contributed by atoms with Crippen molar-refractivity contribution in [1.29, 1.82) is 0 Å².